The van der Waals surface area contributed by atoms with Crippen LogP contribution in [-0.4, -0.2) is 33.2 Å². The fraction of sp³-hybridized carbons (Fsp3) is 0.833. The Morgan fingerprint density at radius 2 is 1.16 bits per heavy atom. The molecule has 0 amide bonds. The van der Waals surface area contributed by atoms with Crippen molar-refractivity contribution in [3.8, 4) is 0 Å². The van der Waals surface area contributed by atoms with Gasteiger partial charge < -0.3 is 17.7 Å². The van der Waals surface area contributed by atoms with Gasteiger partial charge in [0.2, 0.25) is 0 Å². The summed E-state index contributed by atoms with van der Waals surface area (Å²) < 4.78 is 21.4. The molecule has 0 N–H and O–H groups in total. The van der Waals surface area contributed by atoms with Crippen molar-refractivity contribution in [3.05, 3.63) is 0 Å². The summed E-state index contributed by atoms with van der Waals surface area (Å²) in [6.07, 6.45) is -0.276. The molecule has 0 rings (SSSR count). The molecule has 19 heavy (non-hydrogen) atoms. The summed E-state index contributed by atoms with van der Waals surface area (Å²) in [5.74, 6) is -1.03. The third kappa shape index (κ3) is 7.29. The minimum Gasteiger partial charge on any atom is -0.442 e. The van der Waals surface area contributed by atoms with Crippen LogP contribution in [0, 0.1) is 0 Å². The largest absolute Gasteiger partial charge is 0.825 e. The summed E-state index contributed by atoms with van der Waals surface area (Å²) in [4.78, 5) is 23.0. The Kier molecular flexibility index (Phi) is 7.89. The summed E-state index contributed by atoms with van der Waals surface area (Å²) in [6.45, 7) is 10.3. The highest BCUT2D eigenvalue weighted by Gasteiger charge is 2.55. The first-order chi connectivity index (χ1) is 8.74. The van der Waals surface area contributed by atoms with Crippen molar-refractivity contribution in [2.75, 3.05) is 0 Å². The molecule has 0 radical (unpaired) electrons. The minimum absolute atomic E-state index is 0.154. The lowest BCUT2D eigenvalue weighted by Gasteiger charge is -2.29. The number of hydrogen-bond donors (Lipinski definition) is 0. The van der Waals surface area contributed by atoms with E-state index in [9.17, 15) is 9.59 Å². The molecule has 0 aromatic rings. The van der Waals surface area contributed by atoms with Gasteiger partial charge in [-0.3, -0.25) is 9.59 Å². The molecule has 0 bridgehead atoms. The molecule has 0 heterocycles. The summed E-state index contributed by atoms with van der Waals surface area (Å²) >= 11 is 0. The molecule has 0 aliphatic heterocycles. The van der Waals surface area contributed by atoms with Gasteiger partial charge in [0.25, 0.3) is 11.9 Å². The van der Waals surface area contributed by atoms with Crippen molar-refractivity contribution in [3.63, 3.8) is 0 Å². The smallest absolute Gasteiger partial charge is 0.442 e. The summed E-state index contributed by atoms with van der Waals surface area (Å²) in [5.41, 5.74) is 0. The van der Waals surface area contributed by atoms with Crippen LogP contribution in [0.5, 0.6) is 0 Å². The fourth-order valence-corrected chi connectivity index (χ4v) is 3.44. The van der Waals surface area contributed by atoms with E-state index in [4.69, 9.17) is 17.7 Å². The fourth-order valence-electron chi connectivity index (χ4n) is 1.15. The topological polar surface area (TPSA) is 71.1 Å². The van der Waals surface area contributed by atoms with E-state index < -0.39 is 21.0 Å². The third-order valence-corrected chi connectivity index (χ3v) is 4.29. The van der Waals surface area contributed by atoms with E-state index in [1.165, 1.54) is 0 Å². The average molecular weight is 292 g/mol. The average Bonchev–Trinajstić information content (AvgIpc) is 2.26. The Bertz CT molecular complexity index is 273. The van der Waals surface area contributed by atoms with Crippen LogP contribution in [0.3, 0.4) is 0 Å². The zero-order valence-electron chi connectivity index (χ0n) is 12.5. The molecule has 0 spiro atoms. The second-order valence-corrected chi connectivity index (χ2v) is 6.37. The molecule has 0 aliphatic carbocycles. The van der Waals surface area contributed by atoms with Crippen LogP contribution in [0.25, 0.3) is 0 Å². The lowest BCUT2D eigenvalue weighted by atomic mass is 10.5. The van der Waals surface area contributed by atoms with Gasteiger partial charge in [0.1, 0.15) is 0 Å². The standard InChI is InChI=1S/C12H24O6Si/c1-7-11(13)17-19(15-9(3)4,16-10(5)6)18-12(14)8-2/h9-10H,7-8H2,1-6H3. The van der Waals surface area contributed by atoms with Gasteiger partial charge >= 0.3 is 9.05 Å². The SMILES string of the molecule is CCC(=O)O[Si](OC(=O)CC)(OC(C)C)OC(C)C. The Labute approximate surface area is 115 Å². The van der Waals surface area contributed by atoms with Crippen molar-refractivity contribution in [1.82, 2.24) is 0 Å². The molecule has 0 aromatic carbocycles. The Balaban J connectivity index is 5.16. The lowest BCUT2D eigenvalue weighted by molar-refractivity contribution is -0.155. The van der Waals surface area contributed by atoms with Crippen molar-refractivity contribution in [2.24, 2.45) is 0 Å². The molecule has 0 unspecified atom stereocenters. The van der Waals surface area contributed by atoms with Crippen molar-refractivity contribution < 1.29 is 27.3 Å². The van der Waals surface area contributed by atoms with Crippen molar-refractivity contribution >= 4 is 21.0 Å². The van der Waals surface area contributed by atoms with Crippen LogP contribution in [0.4, 0.5) is 0 Å². The van der Waals surface area contributed by atoms with Gasteiger partial charge in [-0.05, 0) is 27.7 Å². The highest BCUT2D eigenvalue weighted by molar-refractivity contribution is 6.57. The summed E-state index contributed by atoms with van der Waals surface area (Å²) in [5, 5.41) is 0. The predicted molar refractivity (Wildman–Crippen MR) is 71.0 cm³/mol. The van der Waals surface area contributed by atoms with Gasteiger partial charge in [-0.25, -0.2) is 0 Å². The highest BCUT2D eigenvalue weighted by atomic mass is 28.4. The highest BCUT2D eigenvalue weighted by Crippen LogP contribution is 2.18. The number of carbonyl (C=O) groups excluding carboxylic acids is 2. The second-order valence-electron chi connectivity index (χ2n) is 4.49. The number of hydrogen-bond acceptors (Lipinski definition) is 6. The second kappa shape index (κ2) is 8.29. The number of carbonyl (C=O) groups is 2. The van der Waals surface area contributed by atoms with E-state index in [2.05, 4.69) is 0 Å². The Morgan fingerprint density at radius 1 is 0.842 bits per heavy atom. The molecule has 0 aliphatic rings. The van der Waals surface area contributed by atoms with E-state index in [1.54, 1.807) is 41.5 Å². The van der Waals surface area contributed by atoms with Gasteiger partial charge in [-0.1, -0.05) is 13.8 Å². The van der Waals surface area contributed by atoms with Crippen LogP contribution in [0.2, 0.25) is 0 Å². The first kappa shape index (κ1) is 18.1. The molecule has 0 atom stereocenters. The van der Waals surface area contributed by atoms with Crippen LogP contribution in [-0.2, 0) is 27.3 Å². The van der Waals surface area contributed by atoms with Gasteiger partial charge in [0.15, 0.2) is 0 Å². The van der Waals surface area contributed by atoms with E-state index in [1.807, 2.05) is 0 Å². The predicted octanol–water partition coefficient (Wildman–Crippen LogP) is 2.18. The van der Waals surface area contributed by atoms with Crippen LogP contribution >= 0.6 is 0 Å². The van der Waals surface area contributed by atoms with E-state index >= 15 is 0 Å². The van der Waals surface area contributed by atoms with Gasteiger partial charge in [-0.15, -0.1) is 0 Å². The summed E-state index contributed by atoms with van der Waals surface area (Å²) in [6, 6.07) is 0. The molecular weight excluding hydrogens is 268 g/mol. The maximum Gasteiger partial charge on any atom is 0.825 e. The number of rotatable bonds is 8. The molecule has 7 heteroatoms. The quantitative estimate of drug-likeness (QED) is 0.639. The monoisotopic (exact) mass is 292 g/mol. The molecular formula is C12H24O6Si. The van der Waals surface area contributed by atoms with Crippen LogP contribution < -0.4 is 0 Å². The molecule has 112 valence electrons. The normalized spacial score (nSPS) is 11.8. The first-order valence-corrected chi connectivity index (χ1v) is 8.17. The zero-order chi connectivity index (χ0) is 15.1. The molecule has 0 fully saturated rings. The maximum atomic E-state index is 11.5. The Hall–Kier alpha value is -0.923. The third-order valence-electron chi connectivity index (χ3n) is 1.82. The molecule has 6 nitrogen and oxygen atoms in total. The lowest BCUT2D eigenvalue weighted by Crippen LogP contribution is -2.54. The first-order valence-electron chi connectivity index (χ1n) is 6.54. The van der Waals surface area contributed by atoms with Crippen LogP contribution in [0.15, 0.2) is 0 Å². The Morgan fingerprint density at radius 3 is 1.37 bits per heavy atom. The van der Waals surface area contributed by atoms with Crippen molar-refractivity contribution in [2.45, 2.75) is 66.6 Å². The molecule has 0 aromatic heterocycles. The van der Waals surface area contributed by atoms with Crippen molar-refractivity contribution in [1.29, 1.82) is 0 Å². The van der Waals surface area contributed by atoms with Crippen LogP contribution in [0.1, 0.15) is 54.4 Å². The van der Waals surface area contributed by atoms with E-state index in [-0.39, 0.29) is 25.0 Å². The summed E-state index contributed by atoms with van der Waals surface area (Å²) in [7, 11) is -3.79. The molecule has 0 saturated heterocycles. The molecule has 0 saturated carbocycles. The van der Waals surface area contributed by atoms with Gasteiger partial charge in [0.05, 0.1) is 0 Å². The van der Waals surface area contributed by atoms with Gasteiger partial charge in [-0.2, -0.15) is 0 Å². The van der Waals surface area contributed by atoms with E-state index in [0.717, 1.165) is 0 Å². The maximum absolute atomic E-state index is 11.5. The van der Waals surface area contributed by atoms with E-state index in [0.29, 0.717) is 0 Å². The van der Waals surface area contributed by atoms with Gasteiger partial charge in [0, 0.05) is 25.0 Å². The minimum atomic E-state index is -3.79. The zero-order valence-corrected chi connectivity index (χ0v) is 13.5.